The summed E-state index contributed by atoms with van der Waals surface area (Å²) in [5, 5.41) is 3.07. The van der Waals surface area contributed by atoms with Crippen molar-refractivity contribution in [2.24, 2.45) is 5.92 Å². The molecule has 126 valence electrons. The number of ether oxygens (including phenoxy) is 2. The van der Waals surface area contributed by atoms with E-state index in [9.17, 15) is 9.18 Å². The van der Waals surface area contributed by atoms with E-state index in [1.165, 1.54) is 12.1 Å². The lowest BCUT2D eigenvalue weighted by Gasteiger charge is -2.22. The quantitative estimate of drug-likeness (QED) is 0.917. The van der Waals surface area contributed by atoms with Gasteiger partial charge in [0.05, 0.1) is 25.7 Å². The molecule has 0 aromatic heterocycles. The number of rotatable bonds is 5. The molecule has 0 unspecified atom stereocenters. The summed E-state index contributed by atoms with van der Waals surface area (Å²) in [4.78, 5) is 12.5. The molecule has 0 bridgehead atoms. The largest absolute Gasteiger partial charge is 0.497 e. The van der Waals surface area contributed by atoms with E-state index in [-0.39, 0.29) is 23.7 Å². The van der Waals surface area contributed by atoms with E-state index in [1.54, 1.807) is 19.2 Å². The number of hydrogen-bond donors (Lipinski definition) is 1. The first-order valence-corrected chi connectivity index (χ1v) is 7.95. The first kappa shape index (κ1) is 16.5. The number of nitrogens with one attached hydrogen (secondary N) is 1. The average molecular weight is 329 g/mol. The number of amides is 1. The molecule has 0 radical (unpaired) electrons. The minimum Gasteiger partial charge on any atom is -0.497 e. The maximum atomic E-state index is 13.2. The Morgan fingerprint density at radius 3 is 2.33 bits per heavy atom. The van der Waals surface area contributed by atoms with Crippen LogP contribution in [-0.2, 0) is 9.53 Å². The Bertz CT molecular complexity index is 679. The predicted molar refractivity (Wildman–Crippen MR) is 88.3 cm³/mol. The molecule has 24 heavy (non-hydrogen) atoms. The van der Waals surface area contributed by atoms with Gasteiger partial charge in [-0.05, 0) is 41.8 Å². The summed E-state index contributed by atoms with van der Waals surface area (Å²) >= 11 is 0. The van der Waals surface area contributed by atoms with E-state index in [1.807, 2.05) is 24.3 Å². The number of carbonyl (C=O) groups excluding carboxylic acids is 1. The van der Waals surface area contributed by atoms with Crippen LogP contribution in [0.25, 0.3) is 0 Å². The monoisotopic (exact) mass is 329 g/mol. The van der Waals surface area contributed by atoms with Gasteiger partial charge in [-0.1, -0.05) is 24.3 Å². The third-order valence-corrected chi connectivity index (χ3v) is 4.24. The molecule has 1 aliphatic rings. The molecule has 3 rings (SSSR count). The number of benzene rings is 2. The molecule has 0 spiro atoms. The first-order valence-electron chi connectivity index (χ1n) is 7.95. The number of methoxy groups -OCH3 is 1. The highest BCUT2D eigenvalue weighted by Crippen LogP contribution is 2.25. The average Bonchev–Trinajstić information content (AvgIpc) is 3.15. The second kappa shape index (κ2) is 7.45. The Hall–Kier alpha value is -2.40. The Kier molecular flexibility index (Phi) is 5.11. The Balaban J connectivity index is 1.87. The van der Waals surface area contributed by atoms with E-state index < -0.39 is 0 Å². The van der Waals surface area contributed by atoms with Crippen molar-refractivity contribution in [3.05, 3.63) is 65.5 Å². The van der Waals surface area contributed by atoms with Gasteiger partial charge in [0.25, 0.3) is 0 Å². The summed E-state index contributed by atoms with van der Waals surface area (Å²) in [6.45, 7) is 1.06. The van der Waals surface area contributed by atoms with Gasteiger partial charge in [0.2, 0.25) is 5.91 Å². The fraction of sp³-hybridized carbons (Fsp3) is 0.316. The minimum atomic E-state index is -0.343. The summed E-state index contributed by atoms with van der Waals surface area (Å²) in [5.41, 5.74) is 1.74. The van der Waals surface area contributed by atoms with Crippen molar-refractivity contribution in [1.29, 1.82) is 0 Å². The molecule has 5 heteroatoms. The third-order valence-electron chi connectivity index (χ3n) is 4.24. The molecule has 1 heterocycles. The lowest BCUT2D eigenvalue weighted by Crippen LogP contribution is -2.34. The molecule has 2 atom stereocenters. The van der Waals surface area contributed by atoms with Crippen molar-refractivity contribution in [3.8, 4) is 5.75 Å². The Morgan fingerprint density at radius 2 is 1.79 bits per heavy atom. The van der Waals surface area contributed by atoms with Crippen LogP contribution in [0.15, 0.2) is 48.5 Å². The second-order valence-electron chi connectivity index (χ2n) is 5.83. The highest BCUT2D eigenvalue weighted by Gasteiger charge is 2.26. The van der Waals surface area contributed by atoms with Crippen molar-refractivity contribution >= 4 is 5.91 Å². The summed E-state index contributed by atoms with van der Waals surface area (Å²) in [6.07, 6.45) is 0.727. The van der Waals surface area contributed by atoms with Crippen LogP contribution < -0.4 is 10.1 Å². The molecular weight excluding hydrogens is 309 g/mol. The van der Waals surface area contributed by atoms with Crippen molar-refractivity contribution in [2.75, 3.05) is 20.3 Å². The molecule has 2 aromatic carbocycles. The molecule has 1 N–H and O–H groups in total. The Labute approximate surface area is 140 Å². The van der Waals surface area contributed by atoms with Gasteiger partial charge in [-0.15, -0.1) is 0 Å². The molecule has 1 fully saturated rings. The molecule has 4 nitrogen and oxygen atoms in total. The summed E-state index contributed by atoms with van der Waals surface area (Å²) in [7, 11) is 1.61. The van der Waals surface area contributed by atoms with Crippen LogP contribution in [0.5, 0.6) is 5.75 Å². The normalized spacial score (nSPS) is 18.2. The zero-order valence-electron chi connectivity index (χ0n) is 13.5. The van der Waals surface area contributed by atoms with Gasteiger partial charge in [-0.3, -0.25) is 4.79 Å². The smallest absolute Gasteiger partial charge is 0.226 e. The number of halogens is 1. The standard InChI is InChI=1S/C19H20FNO3/c1-23-17-8-4-14(5-9-17)18(13-2-6-16(20)7-3-13)21-19(22)15-10-11-24-12-15/h2-9,15,18H,10-12H2,1H3,(H,21,22)/t15-,18-/m1/s1. The maximum absolute atomic E-state index is 13.2. The Morgan fingerprint density at radius 1 is 1.17 bits per heavy atom. The van der Waals surface area contributed by atoms with Crippen molar-refractivity contribution < 1.29 is 18.7 Å². The number of hydrogen-bond acceptors (Lipinski definition) is 3. The third kappa shape index (κ3) is 3.74. The fourth-order valence-electron chi connectivity index (χ4n) is 2.81. The van der Waals surface area contributed by atoms with Crippen molar-refractivity contribution in [1.82, 2.24) is 5.32 Å². The van der Waals surface area contributed by atoms with Crippen LogP contribution in [0.3, 0.4) is 0 Å². The van der Waals surface area contributed by atoms with E-state index in [2.05, 4.69) is 5.32 Å². The predicted octanol–water partition coefficient (Wildman–Crippen LogP) is 3.08. The second-order valence-corrected chi connectivity index (χ2v) is 5.83. The zero-order valence-corrected chi connectivity index (χ0v) is 13.5. The van der Waals surface area contributed by atoms with E-state index in [0.29, 0.717) is 13.2 Å². The van der Waals surface area contributed by atoms with Gasteiger partial charge < -0.3 is 14.8 Å². The summed E-state index contributed by atoms with van der Waals surface area (Å²) < 4.78 is 23.7. The fourth-order valence-corrected chi connectivity index (χ4v) is 2.81. The molecule has 0 aliphatic carbocycles. The first-order chi connectivity index (χ1) is 11.7. The zero-order chi connectivity index (χ0) is 16.9. The summed E-state index contributed by atoms with van der Waals surface area (Å²) in [6, 6.07) is 13.3. The van der Waals surface area contributed by atoms with Gasteiger partial charge in [-0.25, -0.2) is 4.39 Å². The van der Waals surface area contributed by atoms with Crippen LogP contribution in [0.4, 0.5) is 4.39 Å². The minimum absolute atomic E-state index is 0.0438. The molecule has 0 saturated carbocycles. The molecular formula is C19H20FNO3. The molecule has 1 amide bonds. The number of carbonyl (C=O) groups is 1. The van der Waals surface area contributed by atoms with Crippen LogP contribution in [0.1, 0.15) is 23.6 Å². The SMILES string of the molecule is COc1ccc([C@H](NC(=O)[C@@H]2CCOC2)c2ccc(F)cc2)cc1. The summed E-state index contributed by atoms with van der Waals surface area (Å²) in [5.74, 6) is 0.263. The van der Waals surface area contributed by atoms with Crippen LogP contribution in [0.2, 0.25) is 0 Å². The highest BCUT2D eigenvalue weighted by atomic mass is 19.1. The van der Waals surface area contributed by atoms with Gasteiger partial charge >= 0.3 is 0 Å². The van der Waals surface area contributed by atoms with Crippen molar-refractivity contribution in [2.45, 2.75) is 12.5 Å². The maximum Gasteiger partial charge on any atom is 0.226 e. The van der Waals surface area contributed by atoms with E-state index in [4.69, 9.17) is 9.47 Å². The van der Waals surface area contributed by atoms with Crippen LogP contribution >= 0.6 is 0 Å². The van der Waals surface area contributed by atoms with Crippen LogP contribution in [0, 0.1) is 11.7 Å². The highest BCUT2D eigenvalue weighted by molar-refractivity contribution is 5.80. The topological polar surface area (TPSA) is 47.6 Å². The van der Waals surface area contributed by atoms with Crippen molar-refractivity contribution in [3.63, 3.8) is 0 Å². The molecule has 2 aromatic rings. The lowest BCUT2D eigenvalue weighted by atomic mass is 9.97. The molecule has 1 aliphatic heterocycles. The van der Waals surface area contributed by atoms with E-state index in [0.717, 1.165) is 23.3 Å². The molecule has 1 saturated heterocycles. The van der Waals surface area contributed by atoms with Gasteiger partial charge in [0.15, 0.2) is 0 Å². The van der Waals surface area contributed by atoms with Gasteiger partial charge in [0, 0.05) is 6.61 Å². The van der Waals surface area contributed by atoms with Crippen LogP contribution in [-0.4, -0.2) is 26.2 Å². The van der Waals surface area contributed by atoms with Gasteiger partial charge in [-0.2, -0.15) is 0 Å². The van der Waals surface area contributed by atoms with Gasteiger partial charge in [0.1, 0.15) is 11.6 Å². The van der Waals surface area contributed by atoms with E-state index >= 15 is 0 Å². The lowest BCUT2D eigenvalue weighted by molar-refractivity contribution is -0.125.